The molecule has 1 heterocycles. The van der Waals surface area contributed by atoms with Gasteiger partial charge in [-0.15, -0.1) is 0 Å². The largest absolute Gasteiger partial charge is 0.449 e. The van der Waals surface area contributed by atoms with Gasteiger partial charge < -0.3 is 14.6 Å². The van der Waals surface area contributed by atoms with Gasteiger partial charge in [-0.25, -0.2) is 17.6 Å². The molecule has 1 aliphatic heterocycles. The van der Waals surface area contributed by atoms with Gasteiger partial charge in [0.05, 0.1) is 12.3 Å². The fraction of sp³-hybridized carbons (Fsp3) is 0.929. The van der Waals surface area contributed by atoms with Crippen LogP contribution in [-0.4, -0.2) is 52.8 Å². The van der Waals surface area contributed by atoms with Crippen LogP contribution in [0.1, 0.15) is 33.6 Å². The summed E-state index contributed by atoms with van der Waals surface area (Å²) >= 11 is 0. The average molecular weight is 438 g/mol. The number of esters is 1. The van der Waals surface area contributed by atoms with E-state index in [1.165, 1.54) is 6.92 Å². The van der Waals surface area contributed by atoms with Gasteiger partial charge in [-0.3, -0.25) is 4.79 Å². The van der Waals surface area contributed by atoms with Gasteiger partial charge in [-0.2, -0.15) is 26.3 Å². The molecule has 4 nitrogen and oxygen atoms in total. The summed E-state index contributed by atoms with van der Waals surface area (Å²) in [7, 11) is 0. The van der Waals surface area contributed by atoms with Crippen LogP contribution in [0.25, 0.3) is 0 Å². The van der Waals surface area contributed by atoms with Crippen LogP contribution in [0.15, 0.2) is 0 Å². The molecule has 4 unspecified atom stereocenters. The van der Waals surface area contributed by atoms with Crippen molar-refractivity contribution in [3.63, 3.8) is 0 Å². The number of halogens is 10. The van der Waals surface area contributed by atoms with Crippen LogP contribution in [0.2, 0.25) is 0 Å². The topological polar surface area (TPSA) is 55.8 Å². The molecule has 166 valence electrons. The predicted molar refractivity (Wildman–Crippen MR) is 70.4 cm³/mol. The smallest absolute Gasteiger partial charge is 0.449 e. The Morgan fingerprint density at radius 3 is 1.93 bits per heavy atom. The summed E-state index contributed by atoms with van der Waals surface area (Å²) < 4.78 is 142. The minimum absolute atomic E-state index is 0.162. The standard InChI is InChI=1S/C14H16F10O4/c1-4-6(2)7(25)27-10(8(15)16)5-11(17,18)12(26,14(22,23)24)28-9(10,3)13(19,20)21/h6,8,26H,4-5H2,1-3H3. The molecule has 0 saturated carbocycles. The fourth-order valence-electron chi connectivity index (χ4n) is 2.55. The van der Waals surface area contributed by atoms with E-state index in [0.717, 1.165) is 6.92 Å². The maximum Gasteiger partial charge on any atom is 0.449 e. The molecule has 0 bridgehead atoms. The Kier molecular flexibility index (Phi) is 6.08. The van der Waals surface area contributed by atoms with E-state index in [9.17, 15) is 53.8 Å². The second-order valence-electron chi connectivity index (χ2n) is 6.58. The Morgan fingerprint density at radius 2 is 1.61 bits per heavy atom. The van der Waals surface area contributed by atoms with E-state index in [2.05, 4.69) is 9.47 Å². The summed E-state index contributed by atoms with van der Waals surface area (Å²) in [5.74, 6) is -14.6. The Morgan fingerprint density at radius 1 is 1.14 bits per heavy atom. The third kappa shape index (κ3) is 3.42. The molecule has 0 aliphatic carbocycles. The third-order valence-electron chi connectivity index (χ3n) is 4.71. The molecule has 1 N–H and O–H groups in total. The van der Waals surface area contributed by atoms with Crippen molar-refractivity contribution in [2.75, 3.05) is 0 Å². The van der Waals surface area contributed by atoms with Crippen molar-refractivity contribution in [3.8, 4) is 0 Å². The van der Waals surface area contributed by atoms with Gasteiger partial charge in [-0.1, -0.05) is 13.8 Å². The first-order valence-corrected chi connectivity index (χ1v) is 7.67. The molecule has 0 aromatic rings. The number of alkyl halides is 10. The van der Waals surface area contributed by atoms with E-state index in [-0.39, 0.29) is 6.42 Å². The zero-order valence-electron chi connectivity index (χ0n) is 14.5. The Balaban J connectivity index is 3.77. The van der Waals surface area contributed by atoms with Crippen LogP contribution in [0.3, 0.4) is 0 Å². The maximum absolute atomic E-state index is 14.1. The highest BCUT2D eigenvalue weighted by Crippen LogP contribution is 2.61. The summed E-state index contributed by atoms with van der Waals surface area (Å²) in [6.07, 6.45) is -20.4. The number of carbonyl (C=O) groups is 1. The van der Waals surface area contributed by atoms with E-state index in [0.29, 0.717) is 0 Å². The quantitative estimate of drug-likeness (QED) is 0.528. The molecule has 1 fully saturated rings. The number of rotatable bonds is 4. The molecule has 14 heteroatoms. The van der Waals surface area contributed by atoms with Crippen molar-refractivity contribution < 1.29 is 63.3 Å². The lowest BCUT2D eigenvalue weighted by Crippen LogP contribution is -2.80. The monoisotopic (exact) mass is 438 g/mol. The number of hydrogen-bond acceptors (Lipinski definition) is 4. The molecule has 1 aliphatic rings. The van der Waals surface area contributed by atoms with Crippen molar-refractivity contribution >= 4 is 5.97 Å². The van der Waals surface area contributed by atoms with Gasteiger partial charge in [0.1, 0.15) is 0 Å². The predicted octanol–water partition coefficient (Wildman–Crippen LogP) is 4.21. The molecule has 28 heavy (non-hydrogen) atoms. The second kappa shape index (κ2) is 6.89. The van der Waals surface area contributed by atoms with Crippen molar-refractivity contribution in [2.45, 2.75) is 75.3 Å². The number of carbonyl (C=O) groups excluding carboxylic acids is 1. The van der Waals surface area contributed by atoms with E-state index >= 15 is 0 Å². The van der Waals surface area contributed by atoms with Crippen molar-refractivity contribution in [3.05, 3.63) is 0 Å². The zero-order chi connectivity index (χ0) is 22.6. The Bertz CT molecular complexity index is 604. The van der Waals surface area contributed by atoms with Gasteiger partial charge in [0.2, 0.25) is 11.2 Å². The Hall–Kier alpha value is -1.31. The first-order chi connectivity index (χ1) is 12.2. The third-order valence-corrected chi connectivity index (χ3v) is 4.71. The van der Waals surface area contributed by atoms with E-state index in [1.54, 1.807) is 0 Å². The van der Waals surface area contributed by atoms with Gasteiger partial charge in [0.25, 0.3) is 6.43 Å². The zero-order valence-corrected chi connectivity index (χ0v) is 14.5. The molecule has 0 amide bonds. The van der Waals surface area contributed by atoms with Gasteiger partial charge in [0, 0.05) is 0 Å². The number of aliphatic hydroxyl groups is 1. The van der Waals surface area contributed by atoms with Crippen LogP contribution in [0.5, 0.6) is 0 Å². The molecule has 0 spiro atoms. The summed E-state index contributed by atoms with van der Waals surface area (Å²) in [6, 6.07) is 0. The molecule has 0 aromatic carbocycles. The molecular weight excluding hydrogens is 422 g/mol. The first-order valence-electron chi connectivity index (χ1n) is 7.67. The highest BCUT2D eigenvalue weighted by Gasteiger charge is 2.86. The normalized spacial score (nSPS) is 35.0. The van der Waals surface area contributed by atoms with E-state index in [4.69, 9.17) is 0 Å². The maximum atomic E-state index is 14.1. The van der Waals surface area contributed by atoms with Gasteiger partial charge in [0.15, 0.2) is 0 Å². The van der Waals surface area contributed by atoms with Crippen LogP contribution in [-0.2, 0) is 14.3 Å². The van der Waals surface area contributed by atoms with Crippen molar-refractivity contribution in [2.24, 2.45) is 5.92 Å². The number of ether oxygens (including phenoxy) is 2. The van der Waals surface area contributed by atoms with E-state index in [1.807, 2.05) is 0 Å². The SMILES string of the molecule is CCC(C)C(=O)OC1(C(F)F)CC(F)(F)C(O)(C(F)(F)F)OC1(C)C(F)(F)F. The molecular formula is C14H16F10O4. The van der Waals surface area contributed by atoms with Crippen LogP contribution in [0.4, 0.5) is 43.9 Å². The van der Waals surface area contributed by atoms with Crippen molar-refractivity contribution in [1.29, 1.82) is 0 Å². The van der Waals surface area contributed by atoms with E-state index < -0.39 is 66.9 Å². The molecule has 1 saturated heterocycles. The Labute approximate surface area is 151 Å². The highest BCUT2D eigenvalue weighted by atomic mass is 19.4. The minimum Gasteiger partial charge on any atom is -0.449 e. The van der Waals surface area contributed by atoms with Gasteiger partial charge in [-0.05, 0) is 13.3 Å². The lowest BCUT2D eigenvalue weighted by Gasteiger charge is -2.56. The fourth-order valence-corrected chi connectivity index (χ4v) is 2.55. The molecule has 0 radical (unpaired) electrons. The lowest BCUT2D eigenvalue weighted by atomic mass is 9.73. The summed E-state index contributed by atoms with van der Waals surface area (Å²) in [5, 5.41) is 9.26. The second-order valence-corrected chi connectivity index (χ2v) is 6.58. The lowest BCUT2D eigenvalue weighted by molar-refractivity contribution is -0.520. The molecule has 0 aromatic heterocycles. The van der Waals surface area contributed by atoms with Crippen LogP contribution >= 0.6 is 0 Å². The molecule has 4 atom stereocenters. The summed E-state index contributed by atoms with van der Waals surface area (Å²) in [4.78, 5) is 11.8. The van der Waals surface area contributed by atoms with Gasteiger partial charge >= 0.3 is 30.0 Å². The molecule has 1 rings (SSSR count). The summed E-state index contributed by atoms with van der Waals surface area (Å²) in [6.45, 7) is 1.88. The minimum atomic E-state index is -6.50. The first kappa shape index (κ1) is 24.7. The number of hydrogen-bond donors (Lipinski definition) is 1. The average Bonchev–Trinajstić information content (AvgIpc) is 2.48. The highest BCUT2D eigenvalue weighted by molar-refractivity contribution is 5.72. The van der Waals surface area contributed by atoms with Crippen LogP contribution in [0, 0.1) is 5.92 Å². The van der Waals surface area contributed by atoms with Crippen molar-refractivity contribution in [1.82, 2.24) is 0 Å². The summed E-state index contributed by atoms with van der Waals surface area (Å²) in [5.41, 5.74) is -9.39. The van der Waals surface area contributed by atoms with Crippen LogP contribution < -0.4 is 0 Å².